The van der Waals surface area contributed by atoms with E-state index < -0.39 is 0 Å². The second kappa shape index (κ2) is 7.89. The maximum Gasteiger partial charge on any atom is 0.0577 e. The van der Waals surface area contributed by atoms with Gasteiger partial charge in [-0.3, -0.25) is 0 Å². The van der Waals surface area contributed by atoms with Gasteiger partial charge in [-0.1, -0.05) is 32.4 Å². The summed E-state index contributed by atoms with van der Waals surface area (Å²) in [5.74, 6) is 4.44. The summed E-state index contributed by atoms with van der Waals surface area (Å²) in [6.07, 6.45) is 12.8. The number of hydrogen-bond acceptors (Lipinski definition) is 3. The molecule has 3 saturated carbocycles. The first-order valence-corrected chi connectivity index (χ1v) is 13.1. The van der Waals surface area contributed by atoms with Crippen LogP contribution >= 0.6 is 0 Å². The molecule has 1 unspecified atom stereocenters. The molecule has 4 aliphatic carbocycles. The van der Waals surface area contributed by atoms with Crippen molar-refractivity contribution in [2.24, 2.45) is 40.4 Å². The lowest BCUT2D eigenvalue weighted by molar-refractivity contribution is -0.0590. The number of hydrogen-bond donors (Lipinski definition) is 1. The van der Waals surface area contributed by atoms with Gasteiger partial charge in [0.05, 0.1) is 6.10 Å². The summed E-state index contributed by atoms with van der Waals surface area (Å²) in [5.41, 5.74) is 2.56. The lowest BCUT2D eigenvalue weighted by Gasteiger charge is -2.58. The Morgan fingerprint density at radius 3 is 2.57 bits per heavy atom. The number of aliphatic hydroxyl groups is 1. The summed E-state index contributed by atoms with van der Waals surface area (Å²) < 4.78 is 0. The van der Waals surface area contributed by atoms with Crippen molar-refractivity contribution in [3.63, 3.8) is 0 Å². The molecule has 0 spiro atoms. The molecule has 0 aromatic rings. The second-order valence-electron chi connectivity index (χ2n) is 12.5. The van der Waals surface area contributed by atoms with Crippen LogP contribution in [0, 0.1) is 40.4 Å². The molecule has 1 heterocycles. The van der Waals surface area contributed by atoms with Gasteiger partial charge in [0.15, 0.2) is 0 Å². The maximum absolute atomic E-state index is 10.2. The Kier molecular flexibility index (Phi) is 5.64. The fraction of sp³-hybridized carbons (Fsp3) is 0.926. The van der Waals surface area contributed by atoms with Crippen LogP contribution in [0.4, 0.5) is 0 Å². The Labute approximate surface area is 185 Å². The van der Waals surface area contributed by atoms with Crippen molar-refractivity contribution in [3.05, 3.63) is 11.6 Å². The Bertz CT molecular complexity index is 668. The third kappa shape index (κ3) is 3.42. The van der Waals surface area contributed by atoms with Crippen LogP contribution in [0.1, 0.15) is 72.1 Å². The highest BCUT2D eigenvalue weighted by atomic mass is 16.3. The van der Waals surface area contributed by atoms with Crippen molar-refractivity contribution < 1.29 is 5.11 Å². The normalized spacial score (nSPS) is 48.4. The minimum absolute atomic E-state index is 0.0824. The highest BCUT2D eigenvalue weighted by molar-refractivity contribution is 5.25. The smallest absolute Gasteiger partial charge is 0.0577 e. The summed E-state index contributed by atoms with van der Waals surface area (Å²) in [6.45, 7) is 14.1. The predicted octanol–water partition coefficient (Wildman–Crippen LogP) is 4.81. The topological polar surface area (TPSA) is 26.7 Å². The molecule has 30 heavy (non-hydrogen) atoms. The molecule has 0 aromatic carbocycles. The van der Waals surface area contributed by atoms with Gasteiger partial charge in [-0.25, -0.2) is 0 Å². The number of piperazine rings is 1. The zero-order valence-corrected chi connectivity index (χ0v) is 20.1. The van der Waals surface area contributed by atoms with Gasteiger partial charge in [-0.05, 0) is 98.8 Å². The van der Waals surface area contributed by atoms with Crippen LogP contribution < -0.4 is 0 Å². The van der Waals surface area contributed by atoms with Crippen LogP contribution in [0.2, 0.25) is 0 Å². The summed E-state index contributed by atoms with van der Waals surface area (Å²) >= 11 is 0. The van der Waals surface area contributed by atoms with Gasteiger partial charge < -0.3 is 14.9 Å². The molecular formula is C27H46N2O. The average molecular weight is 415 g/mol. The van der Waals surface area contributed by atoms with Crippen LogP contribution in [0.15, 0.2) is 11.6 Å². The molecule has 1 N–H and O–H groups in total. The quantitative estimate of drug-likeness (QED) is 0.671. The molecule has 3 heteroatoms. The Morgan fingerprint density at radius 2 is 1.80 bits per heavy atom. The third-order valence-electron chi connectivity index (χ3n) is 11.0. The van der Waals surface area contributed by atoms with Gasteiger partial charge in [0, 0.05) is 32.7 Å². The van der Waals surface area contributed by atoms with E-state index in [2.05, 4.69) is 43.7 Å². The van der Waals surface area contributed by atoms with Crippen LogP contribution in [-0.4, -0.2) is 60.8 Å². The van der Waals surface area contributed by atoms with Crippen molar-refractivity contribution in [2.75, 3.05) is 39.8 Å². The Morgan fingerprint density at radius 1 is 1.03 bits per heavy atom. The predicted molar refractivity (Wildman–Crippen MR) is 124 cm³/mol. The SMILES string of the molecule is C[C@H](CN1CCN(C)CC1)[C@H]1CC[C@H]2[C@@H]3CC=C4CC(O)CC[C@]4(C)[C@H]3CC[C@]12C. The van der Waals surface area contributed by atoms with E-state index in [0.29, 0.717) is 10.8 Å². The van der Waals surface area contributed by atoms with E-state index in [0.717, 1.165) is 42.4 Å². The first-order valence-electron chi connectivity index (χ1n) is 13.1. The van der Waals surface area contributed by atoms with E-state index in [1.807, 2.05) is 0 Å². The number of aliphatic hydroxyl groups excluding tert-OH is 1. The monoisotopic (exact) mass is 414 g/mol. The third-order valence-corrected chi connectivity index (χ3v) is 11.0. The van der Waals surface area contributed by atoms with Gasteiger partial charge in [0.2, 0.25) is 0 Å². The van der Waals surface area contributed by atoms with Crippen LogP contribution in [0.25, 0.3) is 0 Å². The second-order valence-corrected chi connectivity index (χ2v) is 12.5. The minimum Gasteiger partial charge on any atom is -0.393 e. The molecule has 3 nitrogen and oxygen atoms in total. The standard InChI is InChI=1S/C27H46N2O/c1-19(18-29-15-13-28(4)14-16-29)23-7-8-24-22-6-5-20-17-21(30)9-11-26(20,2)25(22)10-12-27(23,24)3/h5,19,21-25,30H,6-18H2,1-4H3/t19-,21?,22+,23-,24+,25+,26+,27-/m1/s1. The number of nitrogens with zero attached hydrogens (tertiary/aromatic N) is 2. The molecule has 1 saturated heterocycles. The molecule has 8 atom stereocenters. The largest absolute Gasteiger partial charge is 0.393 e. The Hall–Kier alpha value is -0.380. The molecule has 0 amide bonds. The molecule has 0 bridgehead atoms. The van der Waals surface area contributed by atoms with Crippen molar-refractivity contribution in [3.8, 4) is 0 Å². The maximum atomic E-state index is 10.2. The highest BCUT2D eigenvalue weighted by Crippen LogP contribution is 2.67. The molecule has 0 radical (unpaired) electrons. The summed E-state index contributed by atoms with van der Waals surface area (Å²) in [7, 11) is 2.26. The first kappa shape index (κ1) is 21.5. The lowest BCUT2D eigenvalue weighted by Crippen LogP contribution is -2.51. The molecule has 5 rings (SSSR count). The fourth-order valence-corrected chi connectivity index (χ4v) is 9.18. The van der Waals surface area contributed by atoms with Gasteiger partial charge >= 0.3 is 0 Å². The fourth-order valence-electron chi connectivity index (χ4n) is 9.18. The van der Waals surface area contributed by atoms with Crippen molar-refractivity contribution >= 4 is 0 Å². The van der Waals surface area contributed by atoms with E-state index in [1.165, 1.54) is 71.2 Å². The highest BCUT2D eigenvalue weighted by Gasteiger charge is 2.59. The van der Waals surface area contributed by atoms with Crippen molar-refractivity contribution in [1.29, 1.82) is 0 Å². The zero-order valence-electron chi connectivity index (χ0n) is 20.1. The lowest BCUT2D eigenvalue weighted by atomic mass is 9.47. The number of rotatable bonds is 3. The van der Waals surface area contributed by atoms with Gasteiger partial charge in [0.1, 0.15) is 0 Å². The van der Waals surface area contributed by atoms with E-state index in [9.17, 15) is 5.11 Å². The van der Waals surface area contributed by atoms with Gasteiger partial charge in [0.25, 0.3) is 0 Å². The van der Waals surface area contributed by atoms with Gasteiger partial charge in [-0.15, -0.1) is 0 Å². The van der Waals surface area contributed by atoms with Crippen LogP contribution in [0.3, 0.4) is 0 Å². The van der Waals surface area contributed by atoms with Crippen LogP contribution in [-0.2, 0) is 0 Å². The molecule has 170 valence electrons. The summed E-state index contributed by atoms with van der Waals surface area (Å²) in [5, 5.41) is 10.2. The van der Waals surface area contributed by atoms with Crippen molar-refractivity contribution in [2.45, 2.75) is 78.2 Å². The van der Waals surface area contributed by atoms with Gasteiger partial charge in [-0.2, -0.15) is 0 Å². The van der Waals surface area contributed by atoms with Crippen molar-refractivity contribution in [1.82, 2.24) is 9.80 Å². The van der Waals surface area contributed by atoms with E-state index >= 15 is 0 Å². The molecule has 0 aromatic heterocycles. The summed E-state index contributed by atoms with van der Waals surface area (Å²) in [6, 6.07) is 0. The zero-order chi connectivity index (χ0) is 21.1. The Balaban J connectivity index is 1.30. The van der Waals surface area contributed by atoms with E-state index in [-0.39, 0.29) is 6.10 Å². The molecule has 1 aliphatic heterocycles. The first-order chi connectivity index (χ1) is 14.3. The molecule has 4 fully saturated rings. The van der Waals surface area contributed by atoms with E-state index in [1.54, 1.807) is 5.57 Å². The number of allylic oxidation sites excluding steroid dienone is 1. The molecule has 5 aliphatic rings. The average Bonchev–Trinajstić information content (AvgIpc) is 3.07. The summed E-state index contributed by atoms with van der Waals surface area (Å²) in [4.78, 5) is 5.22. The minimum atomic E-state index is -0.0824. The number of likely N-dealkylation sites (N-methyl/N-ethyl adjacent to an activating group) is 1. The molecular weight excluding hydrogens is 368 g/mol. The van der Waals surface area contributed by atoms with Crippen LogP contribution in [0.5, 0.6) is 0 Å². The number of fused-ring (bicyclic) bond motifs is 5. The van der Waals surface area contributed by atoms with E-state index in [4.69, 9.17) is 0 Å².